The second-order valence-corrected chi connectivity index (χ2v) is 7.45. The lowest BCUT2D eigenvalue weighted by molar-refractivity contribution is -0.153. The molecule has 0 saturated carbocycles. The van der Waals surface area contributed by atoms with Crippen LogP contribution in [0.4, 0.5) is 13.2 Å². The Kier molecular flexibility index (Phi) is 11.1. The lowest BCUT2D eigenvalue weighted by Crippen LogP contribution is -2.37. The number of ether oxygens (including phenoxy) is 1. The Hall–Kier alpha value is -1.98. The maximum Gasteiger partial charge on any atom is 0.422 e. The third-order valence-electron chi connectivity index (χ3n) is 4.14. The van der Waals surface area contributed by atoms with Crippen LogP contribution in [-0.2, 0) is 19.6 Å². The summed E-state index contributed by atoms with van der Waals surface area (Å²) in [5.74, 6) is 2.13. The fraction of sp³-hybridized carbons (Fsp3) is 0.524. The zero-order valence-electron chi connectivity index (χ0n) is 18.3. The molecule has 1 aromatic carbocycles. The molecule has 1 heterocycles. The maximum absolute atomic E-state index is 12.6. The molecule has 0 spiro atoms. The number of rotatable bonds is 9. The zero-order chi connectivity index (χ0) is 22.1. The average Bonchev–Trinajstić information content (AvgIpc) is 3.09. The van der Waals surface area contributed by atoms with E-state index in [4.69, 9.17) is 4.74 Å². The molecule has 2 rings (SSSR count). The highest BCUT2D eigenvalue weighted by Crippen LogP contribution is 2.24. The number of imidazole rings is 1. The van der Waals surface area contributed by atoms with Crippen molar-refractivity contribution in [2.24, 2.45) is 10.9 Å². The van der Waals surface area contributed by atoms with E-state index in [1.165, 1.54) is 0 Å². The minimum atomic E-state index is -4.39. The van der Waals surface area contributed by atoms with E-state index in [0.717, 1.165) is 17.9 Å². The number of benzene rings is 1. The average molecular weight is 553 g/mol. The number of nitrogens with zero attached hydrogens (tertiary/aromatic N) is 3. The third-order valence-corrected chi connectivity index (χ3v) is 4.14. The van der Waals surface area contributed by atoms with Gasteiger partial charge in [0.25, 0.3) is 0 Å². The summed E-state index contributed by atoms with van der Waals surface area (Å²) < 4.78 is 44.7. The molecule has 0 saturated heterocycles. The molecule has 0 bridgehead atoms. The Labute approximate surface area is 198 Å². The Morgan fingerprint density at radius 2 is 2.00 bits per heavy atom. The summed E-state index contributed by atoms with van der Waals surface area (Å²) in [7, 11) is 0. The zero-order valence-corrected chi connectivity index (χ0v) is 20.6. The number of aryl methyl sites for hydroxylation is 1. The van der Waals surface area contributed by atoms with Crippen molar-refractivity contribution in [1.82, 2.24) is 20.2 Å². The van der Waals surface area contributed by atoms with Crippen molar-refractivity contribution in [3.63, 3.8) is 0 Å². The van der Waals surface area contributed by atoms with Gasteiger partial charge in [-0.15, -0.1) is 24.0 Å². The quantitative estimate of drug-likeness (QED) is 0.270. The molecule has 0 aliphatic carbocycles. The van der Waals surface area contributed by atoms with Crippen LogP contribution < -0.4 is 15.4 Å². The van der Waals surface area contributed by atoms with E-state index >= 15 is 0 Å². The van der Waals surface area contributed by atoms with E-state index < -0.39 is 12.8 Å². The Morgan fingerprint density at radius 1 is 1.26 bits per heavy atom. The normalized spacial score (nSPS) is 11.9. The summed E-state index contributed by atoms with van der Waals surface area (Å²) in [5.41, 5.74) is 1.41. The highest BCUT2D eigenvalue weighted by Gasteiger charge is 2.28. The first-order valence-corrected chi connectivity index (χ1v) is 9.99. The molecule has 1 aromatic heterocycles. The number of hydrogen-bond acceptors (Lipinski definition) is 3. The van der Waals surface area contributed by atoms with Gasteiger partial charge in [0.15, 0.2) is 12.6 Å². The first-order valence-electron chi connectivity index (χ1n) is 9.99. The summed E-state index contributed by atoms with van der Waals surface area (Å²) in [5, 5.41) is 6.37. The smallest absolute Gasteiger partial charge is 0.422 e. The molecule has 10 heteroatoms. The van der Waals surface area contributed by atoms with Crippen molar-refractivity contribution >= 4 is 29.9 Å². The van der Waals surface area contributed by atoms with Crippen molar-refractivity contribution in [1.29, 1.82) is 0 Å². The standard InChI is InChI=1S/C21H30F3N5O.HI/c1-5-25-20(28-12-19-26-8-9-29(19)13-15(2)3)27-11-17-7-6-16(4)10-18(17)30-14-21(22,23)24;/h6-10,15H,5,11-14H2,1-4H3,(H2,25,27,28);1H. The van der Waals surface area contributed by atoms with Crippen LogP contribution in [0.15, 0.2) is 35.6 Å². The molecular formula is C21H31F3IN5O. The maximum atomic E-state index is 12.6. The van der Waals surface area contributed by atoms with E-state index in [1.54, 1.807) is 25.3 Å². The van der Waals surface area contributed by atoms with Gasteiger partial charge in [-0.3, -0.25) is 0 Å². The Bertz CT molecular complexity index is 837. The largest absolute Gasteiger partial charge is 0.484 e. The van der Waals surface area contributed by atoms with Crippen LogP contribution in [0, 0.1) is 12.8 Å². The predicted molar refractivity (Wildman–Crippen MR) is 127 cm³/mol. The molecule has 2 aromatic rings. The first-order chi connectivity index (χ1) is 14.2. The van der Waals surface area contributed by atoms with Gasteiger partial charge >= 0.3 is 6.18 Å². The number of hydrogen-bond donors (Lipinski definition) is 2. The molecule has 0 fully saturated rings. The summed E-state index contributed by atoms with van der Waals surface area (Å²) >= 11 is 0. The minimum absolute atomic E-state index is 0. The first kappa shape index (κ1) is 27.1. The lowest BCUT2D eigenvalue weighted by atomic mass is 10.1. The summed E-state index contributed by atoms with van der Waals surface area (Å²) in [6.45, 7) is 8.89. The molecule has 0 atom stereocenters. The van der Waals surface area contributed by atoms with E-state index in [1.807, 2.05) is 19.2 Å². The molecule has 174 valence electrons. The molecule has 2 N–H and O–H groups in total. The van der Waals surface area contributed by atoms with Gasteiger partial charge in [-0.25, -0.2) is 9.98 Å². The molecule has 0 radical (unpaired) electrons. The lowest BCUT2D eigenvalue weighted by Gasteiger charge is -2.15. The van der Waals surface area contributed by atoms with Crippen LogP contribution in [0.25, 0.3) is 0 Å². The van der Waals surface area contributed by atoms with Gasteiger partial charge in [0, 0.05) is 31.0 Å². The molecule has 0 unspecified atom stereocenters. The highest BCUT2D eigenvalue weighted by atomic mass is 127. The number of aromatic nitrogens is 2. The van der Waals surface area contributed by atoms with Gasteiger partial charge in [0.05, 0.1) is 13.1 Å². The third kappa shape index (κ3) is 9.79. The summed E-state index contributed by atoms with van der Waals surface area (Å²) in [6, 6.07) is 5.16. The fourth-order valence-electron chi connectivity index (χ4n) is 2.82. The van der Waals surface area contributed by atoms with Crippen molar-refractivity contribution < 1.29 is 17.9 Å². The van der Waals surface area contributed by atoms with E-state index in [-0.39, 0.29) is 36.3 Å². The highest BCUT2D eigenvalue weighted by molar-refractivity contribution is 14.0. The second kappa shape index (κ2) is 12.8. The fourth-order valence-corrected chi connectivity index (χ4v) is 2.82. The molecule has 6 nitrogen and oxygen atoms in total. The number of guanidine groups is 1. The molecule has 31 heavy (non-hydrogen) atoms. The number of halogens is 4. The molecular weight excluding hydrogens is 522 g/mol. The van der Waals surface area contributed by atoms with Crippen molar-refractivity contribution in [3.05, 3.63) is 47.5 Å². The minimum Gasteiger partial charge on any atom is -0.484 e. The van der Waals surface area contributed by atoms with Gasteiger partial charge in [-0.05, 0) is 31.4 Å². The van der Waals surface area contributed by atoms with E-state index in [2.05, 4.69) is 39.0 Å². The van der Waals surface area contributed by atoms with Crippen LogP contribution in [-0.4, -0.2) is 34.8 Å². The summed E-state index contributed by atoms with van der Waals surface area (Å²) in [4.78, 5) is 8.89. The van der Waals surface area contributed by atoms with Gasteiger partial charge in [-0.2, -0.15) is 13.2 Å². The van der Waals surface area contributed by atoms with Gasteiger partial charge in [0.1, 0.15) is 11.6 Å². The van der Waals surface area contributed by atoms with Crippen LogP contribution in [0.1, 0.15) is 37.7 Å². The van der Waals surface area contributed by atoms with E-state index in [9.17, 15) is 13.2 Å². The van der Waals surface area contributed by atoms with Crippen molar-refractivity contribution in [2.75, 3.05) is 13.2 Å². The van der Waals surface area contributed by atoms with Crippen LogP contribution in [0.5, 0.6) is 5.75 Å². The van der Waals surface area contributed by atoms with Crippen LogP contribution >= 0.6 is 24.0 Å². The van der Waals surface area contributed by atoms with Gasteiger partial charge in [0.2, 0.25) is 0 Å². The summed E-state index contributed by atoms with van der Waals surface area (Å²) in [6.07, 6.45) is -0.684. The molecule has 0 amide bonds. The van der Waals surface area contributed by atoms with Gasteiger partial charge in [-0.1, -0.05) is 26.0 Å². The Morgan fingerprint density at radius 3 is 2.65 bits per heavy atom. The topological polar surface area (TPSA) is 63.5 Å². The molecule has 0 aliphatic heterocycles. The predicted octanol–water partition coefficient (Wildman–Crippen LogP) is 4.66. The molecule has 0 aliphatic rings. The van der Waals surface area contributed by atoms with E-state index in [0.29, 0.717) is 30.5 Å². The SMILES string of the molecule is CCNC(=NCc1ccc(C)cc1OCC(F)(F)F)NCc1nccn1CC(C)C.I. The van der Waals surface area contributed by atoms with Gasteiger partial charge < -0.3 is 19.9 Å². The number of alkyl halides is 3. The number of nitrogens with one attached hydrogen (secondary N) is 2. The monoisotopic (exact) mass is 553 g/mol. The van der Waals surface area contributed by atoms with Crippen molar-refractivity contribution in [2.45, 2.75) is 53.5 Å². The van der Waals surface area contributed by atoms with Crippen molar-refractivity contribution in [3.8, 4) is 5.75 Å². The number of aliphatic imine (C=N–C) groups is 1. The van der Waals surface area contributed by atoms with Crippen LogP contribution in [0.2, 0.25) is 0 Å². The Balaban J connectivity index is 0.00000480. The second-order valence-electron chi connectivity index (χ2n) is 7.45. The van der Waals surface area contributed by atoms with Crippen LogP contribution in [0.3, 0.4) is 0 Å².